The average Bonchev–Trinajstić information content (AvgIpc) is 2.74. The quantitative estimate of drug-likeness (QED) is 0.941. The molecular weight excluding hydrogens is 274 g/mol. The number of hydrogen-bond acceptors (Lipinski definition) is 5. The van der Waals surface area contributed by atoms with Crippen LogP contribution in [0.4, 0.5) is 5.13 Å². The third kappa shape index (κ3) is 2.77. The lowest BCUT2D eigenvalue weighted by molar-refractivity contribution is 0.102. The molecule has 7 heteroatoms. The Morgan fingerprint density at radius 1 is 1.44 bits per heavy atom. The molecule has 0 aliphatic carbocycles. The number of aryl methyl sites for hydroxylation is 1. The molecule has 0 aliphatic heterocycles. The molecule has 1 aromatic carbocycles. The number of carbonyl (C=O) groups is 1. The Bertz CT molecular complexity index is 585. The van der Waals surface area contributed by atoms with E-state index in [4.69, 9.17) is 16.3 Å². The minimum absolute atomic E-state index is 0.328. The second kappa shape index (κ2) is 5.32. The Morgan fingerprint density at radius 3 is 2.83 bits per heavy atom. The molecule has 2 rings (SSSR count). The van der Waals surface area contributed by atoms with Gasteiger partial charge in [-0.1, -0.05) is 22.9 Å². The molecule has 0 unspecified atom stereocenters. The van der Waals surface area contributed by atoms with Crippen molar-refractivity contribution in [3.05, 3.63) is 33.8 Å². The fourth-order valence-corrected chi connectivity index (χ4v) is 2.13. The summed E-state index contributed by atoms with van der Waals surface area (Å²) in [6.07, 6.45) is 0. The maximum atomic E-state index is 12.0. The molecule has 0 fully saturated rings. The fourth-order valence-electron chi connectivity index (χ4n) is 1.37. The molecule has 0 spiro atoms. The number of rotatable bonds is 3. The number of hydrogen-bond donors (Lipinski definition) is 1. The van der Waals surface area contributed by atoms with Gasteiger partial charge in [0.05, 0.1) is 12.7 Å². The van der Waals surface area contributed by atoms with E-state index < -0.39 is 0 Å². The van der Waals surface area contributed by atoms with Crippen LogP contribution < -0.4 is 10.1 Å². The Kier molecular flexibility index (Phi) is 3.78. The van der Waals surface area contributed by atoms with E-state index in [0.29, 0.717) is 21.5 Å². The van der Waals surface area contributed by atoms with Gasteiger partial charge in [0.2, 0.25) is 5.13 Å². The summed E-state index contributed by atoms with van der Waals surface area (Å²) in [5.41, 5.74) is 0.359. The molecule has 0 saturated carbocycles. The molecule has 2 aromatic rings. The minimum atomic E-state index is -0.328. The normalized spacial score (nSPS) is 10.2. The molecule has 18 heavy (non-hydrogen) atoms. The highest BCUT2D eigenvalue weighted by Gasteiger charge is 2.14. The fraction of sp³-hybridized carbons (Fsp3) is 0.182. The largest absolute Gasteiger partial charge is 0.496 e. The average molecular weight is 284 g/mol. The summed E-state index contributed by atoms with van der Waals surface area (Å²) in [7, 11) is 1.50. The molecule has 94 valence electrons. The first-order valence-electron chi connectivity index (χ1n) is 5.05. The third-order valence-corrected chi connectivity index (χ3v) is 3.14. The van der Waals surface area contributed by atoms with E-state index >= 15 is 0 Å². The van der Waals surface area contributed by atoms with Crippen molar-refractivity contribution in [1.82, 2.24) is 10.2 Å². The molecule has 1 aromatic heterocycles. The van der Waals surface area contributed by atoms with Crippen molar-refractivity contribution in [2.24, 2.45) is 0 Å². The third-order valence-electron chi connectivity index (χ3n) is 2.15. The van der Waals surface area contributed by atoms with Crippen molar-refractivity contribution < 1.29 is 9.53 Å². The van der Waals surface area contributed by atoms with Crippen LogP contribution in [0.5, 0.6) is 5.75 Å². The zero-order valence-electron chi connectivity index (χ0n) is 9.73. The second-order valence-electron chi connectivity index (χ2n) is 3.42. The van der Waals surface area contributed by atoms with E-state index in [1.807, 2.05) is 6.92 Å². The van der Waals surface area contributed by atoms with Gasteiger partial charge in [-0.15, -0.1) is 10.2 Å². The van der Waals surface area contributed by atoms with Gasteiger partial charge >= 0.3 is 0 Å². The van der Waals surface area contributed by atoms with Gasteiger partial charge in [0.25, 0.3) is 5.91 Å². The number of halogens is 1. The van der Waals surface area contributed by atoms with E-state index in [1.54, 1.807) is 18.2 Å². The minimum Gasteiger partial charge on any atom is -0.496 e. The van der Waals surface area contributed by atoms with Crippen molar-refractivity contribution in [2.75, 3.05) is 12.4 Å². The zero-order chi connectivity index (χ0) is 13.1. The highest BCUT2D eigenvalue weighted by molar-refractivity contribution is 7.15. The lowest BCUT2D eigenvalue weighted by Crippen LogP contribution is -2.13. The van der Waals surface area contributed by atoms with Crippen molar-refractivity contribution in [3.8, 4) is 5.75 Å². The van der Waals surface area contributed by atoms with Gasteiger partial charge < -0.3 is 4.74 Å². The summed E-state index contributed by atoms with van der Waals surface area (Å²) >= 11 is 7.16. The van der Waals surface area contributed by atoms with Crippen LogP contribution in [0.25, 0.3) is 0 Å². The molecule has 1 N–H and O–H groups in total. The number of carbonyl (C=O) groups excluding carboxylic acids is 1. The smallest absolute Gasteiger partial charge is 0.261 e. The Balaban J connectivity index is 2.25. The Morgan fingerprint density at radius 2 is 2.22 bits per heavy atom. The Labute approximate surface area is 113 Å². The molecule has 5 nitrogen and oxygen atoms in total. The first kappa shape index (κ1) is 12.8. The van der Waals surface area contributed by atoms with Crippen LogP contribution in [-0.4, -0.2) is 23.2 Å². The summed E-state index contributed by atoms with van der Waals surface area (Å²) < 4.78 is 5.11. The maximum absolute atomic E-state index is 12.0. The second-order valence-corrected chi connectivity index (χ2v) is 5.04. The SMILES string of the molecule is COc1ccc(Cl)cc1C(=O)Nc1nnc(C)s1. The van der Waals surface area contributed by atoms with E-state index in [9.17, 15) is 4.79 Å². The first-order valence-corrected chi connectivity index (χ1v) is 6.24. The van der Waals surface area contributed by atoms with E-state index in [0.717, 1.165) is 5.01 Å². The van der Waals surface area contributed by atoms with Crippen molar-refractivity contribution in [3.63, 3.8) is 0 Å². The molecule has 0 atom stereocenters. The predicted octanol–water partition coefficient (Wildman–Crippen LogP) is 2.76. The number of nitrogens with zero attached hydrogens (tertiary/aromatic N) is 2. The number of methoxy groups -OCH3 is 1. The number of benzene rings is 1. The standard InChI is InChI=1S/C11H10ClN3O2S/c1-6-14-15-11(18-6)13-10(16)8-5-7(12)3-4-9(8)17-2/h3-5H,1-2H3,(H,13,15,16). The van der Waals surface area contributed by atoms with Crippen LogP contribution in [0, 0.1) is 6.92 Å². The van der Waals surface area contributed by atoms with Gasteiger partial charge in [0.15, 0.2) is 0 Å². The molecule has 1 heterocycles. The lowest BCUT2D eigenvalue weighted by Gasteiger charge is -2.07. The van der Waals surface area contributed by atoms with Crippen LogP contribution in [-0.2, 0) is 0 Å². The summed E-state index contributed by atoms with van der Waals surface area (Å²) in [4.78, 5) is 12.0. The van der Waals surface area contributed by atoms with Crippen LogP contribution in [0.3, 0.4) is 0 Å². The van der Waals surface area contributed by atoms with E-state index in [2.05, 4.69) is 15.5 Å². The molecule has 0 bridgehead atoms. The van der Waals surface area contributed by atoms with Gasteiger partial charge in [-0.25, -0.2) is 0 Å². The summed E-state index contributed by atoms with van der Waals surface area (Å²) in [5, 5.41) is 12.0. The van der Waals surface area contributed by atoms with Crippen LogP contribution in [0.2, 0.25) is 5.02 Å². The summed E-state index contributed by atoms with van der Waals surface area (Å²) in [5.74, 6) is 0.128. The maximum Gasteiger partial charge on any atom is 0.261 e. The van der Waals surface area contributed by atoms with Gasteiger partial charge in [-0.05, 0) is 25.1 Å². The number of nitrogens with one attached hydrogen (secondary N) is 1. The van der Waals surface area contributed by atoms with Crippen LogP contribution in [0.15, 0.2) is 18.2 Å². The first-order chi connectivity index (χ1) is 8.60. The van der Waals surface area contributed by atoms with E-state index in [1.165, 1.54) is 18.4 Å². The van der Waals surface area contributed by atoms with Gasteiger partial charge in [0, 0.05) is 5.02 Å². The summed E-state index contributed by atoms with van der Waals surface area (Å²) in [6.45, 7) is 1.81. The van der Waals surface area contributed by atoms with Crippen molar-refractivity contribution in [2.45, 2.75) is 6.92 Å². The zero-order valence-corrected chi connectivity index (χ0v) is 11.3. The molecular formula is C11H10ClN3O2S. The molecule has 0 radical (unpaired) electrons. The van der Waals surface area contributed by atoms with Gasteiger partial charge in [-0.2, -0.15) is 0 Å². The topological polar surface area (TPSA) is 64.1 Å². The van der Waals surface area contributed by atoms with Gasteiger partial charge in [-0.3, -0.25) is 10.1 Å². The van der Waals surface area contributed by atoms with Crippen LogP contribution >= 0.6 is 22.9 Å². The number of anilines is 1. The molecule has 1 amide bonds. The predicted molar refractivity (Wildman–Crippen MR) is 70.6 cm³/mol. The van der Waals surface area contributed by atoms with Crippen molar-refractivity contribution in [1.29, 1.82) is 0 Å². The molecule has 0 aliphatic rings. The number of amides is 1. The Hall–Kier alpha value is -1.66. The highest BCUT2D eigenvalue weighted by atomic mass is 35.5. The lowest BCUT2D eigenvalue weighted by atomic mass is 10.2. The number of aromatic nitrogens is 2. The number of ether oxygens (including phenoxy) is 1. The van der Waals surface area contributed by atoms with E-state index in [-0.39, 0.29) is 5.91 Å². The van der Waals surface area contributed by atoms with Gasteiger partial charge in [0.1, 0.15) is 10.8 Å². The monoisotopic (exact) mass is 283 g/mol. The summed E-state index contributed by atoms with van der Waals surface area (Å²) in [6, 6.07) is 4.85. The molecule has 0 saturated heterocycles. The highest BCUT2D eigenvalue weighted by Crippen LogP contribution is 2.24. The van der Waals surface area contributed by atoms with Crippen LogP contribution in [0.1, 0.15) is 15.4 Å². The van der Waals surface area contributed by atoms with Crippen molar-refractivity contribution >= 4 is 34.0 Å².